The normalized spacial score (nSPS) is 11.1. The second-order valence-electron chi connectivity index (χ2n) is 6.81. The third-order valence-electron chi connectivity index (χ3n) is 4.47. The zero-order valence-corrected chi connectivity index (χ0v) is 19.6. The number of anilines is 1. The second-order valence-corrected chi connectivity index (χ2v) is 6.81. The number of aryl methyl sites for hydroxylation is 2. The average Bonchev–Trinajstić information content (AvgIpc) is 3.21. The lowest BCUT2D eigenvalue weighted by Crippen LogP contribution is -2.22. The average molecular weight is 521 g/mol. The van der Waals surface area contributed by atoms with Crippen LogP contribution in [0.25, 0.3) is 11.4 Å². The number of hydrogen-bond donors (Lipinski definition) is 2. The van der Waals surface area contributed by atoms with Crippen LogP contribution in [-0.4, -0.2) is 29.8 Å². The number of guanidine groups is 1. The Morgan fingerprint density at radius 2 is 1.80 bits per heavy atom. The number of nitrogens with zero attached hydrogens (tertiary/aromatic N) is 3. The molecule has 0 saturated heterocycles. The number of methoxy groups -OCH3 is 1. The summed E-state index contributed by atoms with van der Waals surface area (Å²) in [6, 6.07) is 15.6. The summed E-state index contributed by atoms with van der Waals surface area (Å²) >= 11 is 0. The van der Waals surface area contributed by atoms with Crippen molar-refractivity contribution in [3.8, 4) is 17.1 Å². The van der Waals surface area contributed by atoms with Gasteiger partial charge in [-0.25, -0.2) is 0 Å². The van der Waals surface area contributed by atoms with Crippen LogP contribution in [0.2, 0.25) is 0 Å². The summed E-state index contributed by atoms with van der Waals surface area (Å²) in [6.45, 7) is 2.74. The van der Waals surface area contributed by atoms with Crippen molar-refractivity contribution in [3.05, 3.63) is 60.0 Å². The first-order chi connectivity index (χ1) is 14.1. The monoisotopic (exact) mass is 521 g/mol. The van der Waals surface area contributed by atoms with Crippen LogP contribution in [0.15, 0.2) is 58.0 Å². The smallest absolute Gasteiger partial charge is 0.226 e. The summed E-state index contributed by atoms with van der Waals surface area (Å²) in [7, 11) is 1.64. The Morgan fingerprint density at radius 1 is 1.07 bits per heavy atom. The Hall–Kier alpha value is -2.62. The Morgan fingerprint density at radius 3 is 2.50 bits per heavy atom. The van der Waals surface area contributed by atoms with Crippen LogP contribution in [0.1, 0.15) is 30.7 Å². The predicted octanol–water partition coefficient (Wildman–Crippen LogP) is 4.81. The number of aromatic nitrogens is 2. The molecule has 0 aliphatic heterocycles. The van der Waals surface area contributed by atoms with Crippen LogP contribution >= 0.6 is 24.0 Å². The summed E-state index contributed by atoms with van der Waals surface area (Å²) in [6.07, 6.45) is 3.69. The number of nitrogens with two attached hydrogens (primary N) is 1. The molecule has 1 aromatic heterocycles. The van der Waals surface area contributed by atoms with Crippen LogP contribution < -0.4 is 15.8 Å². The zero-order chi connectivity index (χ0) is 20.5. The quantitative estimate of drug-likeness (QED) is 0.182. The lowest BCUT2D eigenvalue weighted by Gasteiger charge is -2.05. The molecule has 0 amide bonds. The Labute approximate surface area is 194 Å². The van der Waals surface area contributed by atoms with Crippen molar-refractivity contribution in [2.24, 2.45) is 10.7 Å². The first-order valence-corrected chi connectivity index (χ1v) is 9.74. The van der Waals surface area contributed by atoms with Crippen molar-refractivity contribution in [1.82, 2.24) is 10.1 Å². The van der Waals surface area contributed by atoms with Crippen molar-refractivity contribution < 1.29 is 9.26 Å². The number of aliphatic imine (C=N–C) groups is 1. The van der Waals surface area contributed by atoms with Crippen LogP contribution in [0, 0.1) is 6.92 Å². The van der Waals surface area contributed by atoms with Gasteiger partial charge in [-0.05, 0) is 56.2 Å². The van der Waals surface area contributed by atoms with E-state index in [0.717, 1.165) is 42.7 Å². The molecule has 0 bridgehead atoms. The molecule has 0 fully saturated rings. The van der Waals surface area contributed by atoms with Gasteiger partial charge in [-0.15, -0.1) is 24.0 Å². The van der Waals surface area contributed by atoms with E-state index in [0.29, 0.717) is 24.2 Å². The Kier molecular flexibility index (Phi) is 9.59. The lowest BCUT2D eigenvalue weighted by molar-refractivity contribution is 0.374. The maximum absolute atomic E-state index is 5.92. The summed E-state index contributed by atoms with van der Waals surface area (Å²) in [5, 5.41) is 7.15. The fraction of sp³-hybridized carbons (Fsp3) is 0.318. The molecule has 0 unspecified atom stereocenters. The molecule has 7 nitrogen and oxygen atoms in total. The summed E-state index contributed by atoms with van der Waals surface area (Å²) in [5.41, 5.74) is 8.99. The van der Waals surface area contributed by atoms with E-state index < -0.39 is 0 Å². The van der Waals surface area contributed by atoms with E-state index in [-0.39, 0.29) is 24.0 Å². The van der Waals surface area contributed by atoms with E-state index in [2.05, 4.69) is 27.4 Å². The predicted molar refractivity (Wildman–Crippen MR) is 131 cm³/mol. The van der Waals surface area contributed by atoms with E-state index in [1.165, 1.54) is 5.56 Å². The molecule has 2 aromatic carbocycles. The van der Waals surface area contributed by atoms with Crippen molar-refractivity contribution in [1.29, 1.82) is 0 Å². The van der Waals surface area contributed by atoms with E-state index in [1.54, 1.807) is 7.11 Å². The van der Waals surface area contributed by atoms with Crippen molar-refractivity contribution >= 4 is 35.6 Å². The Balaban J connectivity index is 0.00000320. The molecule has 160 valence electrons. The lowest BCUT2D eigenvalue weighted by atomic mass is 10.2. The minimum atomic E-state index is 0. The largest absolute Gasteiger partial charge is 0.497 e. The third kappa shape index (κ3) is 7.33. The maximum Gasteiger partial charge on any atom is 0.226 e. The number of rotatable bonds is 9. The highest BCUT2D eigenvalue weighted by Crippen LogP contribution is 2.20. The summed E-state index contributed by atoms with van der Waals surface area (Å²) in [5.74, 6) is 2.49. The van der Waals surface area contributed by atoms with Gasteiger partial charge in [-0.2, -0.15) is 4.98 Å². The number of benzene rings is 2. The molecular formula is C22H28IN5O2. The molecule has 3 aromatic rings. The van der Waals surface area contributed by atoms with Crippen LogP contribution in [0.3, 0.4) is 0 Å². The molecular weight excluding hydrogens is 493 g/mol. The van der Waals surface area contributed by atoms with Gasteiger partial charge in [0.05, 0.1) is 7.11 Å². The summed E-state index contributed by atoms with van der Waals surface area (Å²) < 4.78 is 10.5. The highest BCUT2D eigenvalue weighted by molar-refractivity contribution is 14.0. The van der Waals surface area contributed by atoms with Gasteiger partial charge in [0.25, 0.3) is 0 Å². The van der Waals surface area contributed by atoms with Crippen molar-refractivity contribution in [2.75, 3.05) is 19.0 Å². The molecule has 3 N–H and O–H groups in total. The minimum absolute atomic E-state index is 0. The number of ether oxygens (including phenoxy) is 1. The van der Waals surface area contributed by atoms with E-state index in [9.17, 15) is 0 Å². The molecule has 8 heteroatoms. The highest BCUT2D eigenvalue weighted by Gasteiger charge is 2.08. The van der Waals surface area contributed by atoms with E-state index in [1.807, 2.05) is 48.5 Å². The fourth-order valence-corrected chi connectivity index (χ4v) is 2.80. The van der Waals surface area contributed by atoms with Crippen LogP contribution in [0.5, 0.6) is 5.75 Å². The van der Waals surface area contributed by atoms with Gasteiger partial charge in [0.2, 0.25) is 11.7 Å². The van der Waals surface area contributed by atoms with Gasteiger partial charge in [-0.1, -0.05) is 29.3 Å². The van der Waals surface area contributed by atoms with Gasteiger partial charge in [0.1, 0.15) is 5.75 Å². The first kappa shape index (κ1) is 23.7. The number of nitrogens with one attached hydrogen (secondary N) is 1. The zero-order valence-electron chi connectivity index (χ0n) is 17.3. The number of unbranched alkanes of at least 4 members (excludes halogenated alkanes) is 2. The fourth-order valence-electron chi connectivity index (χ4n) is 2.80. The van der Waals surface area contributed by atoms with Crippen LogP contribution in [-0.2, 0) is 6.42 Å². The van der Waals surface area contributed by atoms with Gasteiger partial charge >= 0.3 is 0 Å². The minimum Gasteiger partial charge on any atom is -0.497 e. The van der Waals surface area contributed by atoms with Crippen molar-refractivity contribution in [2.45, 2.75) is 32.6 Å². The Bertz CT molecular complexity index is 923. The molecule has 0 aliphatic rings. The van der Waals surface area contributed by atoms with Gasteiger partial charge in [0, 0.05) is 24.2 Å². The van der Waals surface area contributed by atoms with Gasteiger partial charge in [-0.3, -0.25) is 4.99 Å². The standard InChI is InChI=1S/C22H27N5O2.HI/c1-16-7-11-18(12-8-16)25-22(23)24-15-5-3-4-6-20-26-21(27-29-20)17-9-13-19(28-2)14-10-17;/h7-14H,3-6,15H2,1-2H3,(H3,23,24,25);1H. The highest BCUT2D eigenvalue weighted by atomic mass is 127. The molecule has 1 heterocycles. The van der Waals surface area contributed by atoms with Crippen LogP contribution in [0.4, 0.5) is 5.69 Å². The van der Waals surface area contributed by atoms with E-state index >= 15 is 0 Å². The molecule has 0 spiro atoms. The number of halogens is 1. The summed E-state index contributed by atoms with van der Waals surface area (Å²) in [4.78, 5) is 8.82. The number of hydrogen-bond acceptors (Lipinski definition) is 5. The first-order valence-electron chi connectivity index (χ1n) is 9.74. The van der Waals surface area contributed by atoms with Gasteiger partial charge < -0.3 is 20.3 Å². The maximum atomic E-state index is 5.92. The molecule has 0 saturated carbocycles. The van der Waals surface area contributed by atoms with Crippen molar-refractivity contribution in [3.63, 3.8) is 0 Å². The second kappa shape index (κ2) is 12.2. The molecule has 0 radical (unpaired) electrons. The third-order valence-corrected chi connectivity index (χ3v) is 4.47. The molecule has 0 atom stereocenters. The SMILES string of the molecule is COc1ccc(-c2noc(CCCCCN=C(N)Nc3ccc(C)cc3)n2)cc1.I. The topological polar surface area (TPSA) is 98.6 Å². The van der Waals surface area contributed by atoms with E-state index in [4.69, 9.17) is 15.0 Å². The molecule has 3 rings (SSSR count). The van der Waals surface area contributed by atoms with Gasteiger partial charge in [0.15, 0.2) is 5.96 Å². The molecule has 0 aliphatic carbocycles. The molecule has 30 heavy (non-hydrogen) atoms.